The van der Waals surface area contributed by atoms with Gasteiger partial charge in [0.05, 0.1) is 11.8 Å². The van der Waals surface area contributed by atoms with Gasteiger partial charge in [0, 0.05) is 11.6 Å². The maximum Gasteiger partial charge on any atom is 0.106 e. The fourth-order valence-electron chi connectivity index (χ4n) is 1.36. The van der Waals surface area contributed by atoms with Gasteiger partial charge in [-0.25, -0.2) is 0 Å². The number of aromatic nitrogens is 1. The first-order chi connectivity index (χ1) is 7.97. The predicted molar refractivity (Wildman–Crippen MR) is 66.0 cm³/mol. The molecule has 16 heavy (non-hydrogen) atoms. The van der Waals surface area contributed by atoms with Crippen molar-refractivity contribution >= 4 is 10.9 Å². The summed E-state index contributed by atoms with van der Waals surface area (Å²) < 4.78 is 4.80. The highest BCUT2D eigenvalue weighted by atomic mass is 16.5. The number of rotatable bonds is 0. The number of fused-ring (bicyclic) bond motifs is 1. The Kier molecular flexibility index (Phi) is 3.72. The standard InChI is InChI=1S/C9H7N.C5H6O/c1-2-6-9-8(4-1)5-3-7-10-9;1-2-4-6-5-3-1/h1-7H;1-4H,5H2. The largest absolute Gasteiger partial charge is 0.497 e. The second kappa shape index (κ2) is 5.71. The molecular formula is C14H13NO. The molecule has 0 N–H and O–H groups in total. The highest BCUT2D eigenvalue weighted by molar-refractivity contribution is 5.77. The van der Waals surface area contributed by atoms with Crippen LogP contribution in [0.2, 0.25) is 0 Å². The van der Waals surface area contributed by atoms with Gasteiger partial charge < -0.3 is 4.74 Å². The minimum Gasteiger partial charge on any atom is -0.497 e. The van der Waals surface area contributed by atoms with Gasteiger partial charge in [-0.2, -0.15) is 0 Å². The average molecular weight is 211 g/mol. The van der Waals surface area contributed by atoms with Gasteiger partial charge in [-0.1, -0.05) is 30.3 Å². The van der Waals surface area contributed by atoms with Crippen molar-refractivity contribution in [1.29, 1.82) is 0 Å². The minimum atomic E-state index is 0.733. The SMILES string of the molecule is C1=CCOC=C1.c1ccc2ncccc2c1. The zero-order chi connectivity index (χ0) is 11.1. The smallest absolute Gasteiger partial charge is 0.106 e. The molecule has 3 rings (SSSR count). The number of ether oxygens (including phenoxy) is 1. The molecule has 1 aromatic carbocycles. The summed E-state index contributed by atoms with van der Waals surface area (Å²) in [5.41, 5.74) is 1.06. The number of pyridine rings is 1. The number of allylic oxidation sites excluding steroid dienone is 2. The molecule has 0 spiro atoms. The van der Waals surface area contributed by atoms with Crippen molar-refractivity contribution in [2.75, 3.05) is 6.61 Å². The van der Waals surface area contributed by atoms with Crippen molar-refractivity contribution in [3.8, 4) is 0 Å². The number of hydrogen-bond acceptors (Lipinski definition) is 2. The first-order valence-corrected chi connectivity index (χ1v) is 5.20. The zero-order valence-electron chi connectivity index (χ0n) is 8.91. The van der Waals surface area contributed by atoms with Crippen LogP contribution in [0.5, 0.6) is 0 Å². The summed E-state index contributed by atoms with van der Waals surface area (Å²) in [4.78, 5) is 4.18. The van der Waals surface area contributed by atoms with Crippen LogP contribution >= 0.6 is 0 Å². The van der Waals surface area contributed by atoms with E-state index in [1.807, 2.05) is 48.7 Å². The number of hydrogen-bond donors (Lipinski definition) is 0. The molecule has 0 bridgehead atoms. The van der Waals surface area contributed by atoms with Gasteiger partial charge in [0.2, 0.25) is 0 Å². The quantitative estimate of drug-likeness (QED) is 0.667. The third-order valence-electron chi connectivity index (χ3n) is 2.13. The Morgan fingerprint density at radius 1 is 1.00 bits per heavy atom. The number of benzene rings is 1. The van der Waals surface area contributed by atoms with Crippen LogP contribution in [0.3, 0.4) is 0 Å². The highest BCUT2D eigenvalue weighted by Gasteiger charge is 1.86. The van der Waals surface area contributed by atoms with E-state index in [4.69, 9.17) is 4.74 Å². The van der Waals surface area contributed by atoms with Crippen molar-refractivity contribution in [1.82, 2.24) is 4.98 Å². The molecule has 0 aliphatic carbocycles. The lowest BCUT2D eigenvalue weighted by Crippen LogP contribution is -1.82. The fraction of sp³-hybridized carbons (Fsp3) is 0.0714. The topological polar surface area (TPSA) is 22.1 Å². The maximum absolute atomic E-state index is 4.80. The summed E-state index contributed by atoms with van der Waals surface area (Å²) in [6, 6.07) is 12.1. The fourth-order valence-corrected chi connectivity index (χ4v) is 1.36. The van der Waals surface area contributed by atoms with Crippen LogP contribution in [0, 0.1) is 0 Å². The molecule has 2 aromatic rings. The third-order valence-corrected chi connectivity index (χ3v) is 2.13. The van der Waals surface area contributed by atoms with Gasteiger partial charge in [-0.15, -0.1) is 0 Å². The Hall–Kier alpha value is -2.09. The summed E-state index contributed by atoms with van der Waals surface area (Å²) in [6.45, 7) is 0.733. The molecular weight excluding hydrogens is 198 g/mol. The van der Waals surface area contributed by atoms with E-state index < -0.39 is 0 Å². The van der Waals surface area contributed by atoms with Gasteiger partial charge in [0.15, 0.2) is 0 Å². The Bertz CT molecular complexity index is 425. The minimum absolute atomic E-state index is 0.733. The summed E-state index contributed by atoms with van der Waals surface area (Å²) >= 11 is 0. The summed E-state index contributed by atoms with van der Waals surface area (Å²) in [6.07, 6.45) is 9.27. The van der Waals surface area contributed by atoms with Crippen molar-refractivity contribution in [3.63, 3.8) is 0 Å². The van der Waals surface area contributed by atoms with E-state index in [2.05, 4.69) is 17.1 Å². The van der Waals surface area contributed by atoms with E-state index in [1.54, 1.807) is 6.26 Å². The van der Waals surface area contributed by atoms with Gasteiger partial charge in [-0.05, 0) is 24.3 Å². The predicted octanol–water partition coefficient (Wildman–Crippen LogP) is 3.32. The summed E-state index contributed by atoms with van der Waals surface area (Å²) in [5.74, 6) is 0. The van der Waals surface area contributed by atoms with Crippen molar-refractivity contribution in [2.24, 2.45) is 0 Å². The number of para-hydroxylation sites is 1. The van der Waals surface area contributed by atoms with Crippen molar-refractivity contribution in [3.05, 3.63) is 67.1 Å². The molecule has 1 aliphatic rings. The monoisotopic (exact) mass is 211 g/mol. The molecule has 0 saturated heterocycles. The average Bonchev–Trinajstić information content (AvgIpc) is 2.42. The third kappa shape index (κ3) is 2.95. The van der Waals surface area contributed by atoms with Crippen LogP contribution in [0.4, 0.5) is 0 Å². The van der Waals surface area contributed by atoms with Gasteiger partial charge in [0.25, 0.3) is 0 Å². The zero-order valence-corrected chi connectivity index (χ0v) is 8.91. The Morgan fingerprint density at radius 3 is 2.50 bits per heavy atom. The van der Waals surface area contributed by atoms with Crippen LogP contribution < -0.4 is 0 Å². The first-order valence-electron chi connectivity index (χ1n) is 5.20. The Labute approximate surface area is 94.9 Å². The summed E-state index contributed by atoms with van der Waals surface area (Å²) in [7, 11) is 0. The van der Waals surface area contributed by atoms with Gasteiger partial charge in [-0.3, -0.25) is 4.98 Å². The van der Waals surface area contributed by atoms with Gasteiger partial charge in [0.1, 0.15) is 6.61 Å². The molecule has 1 aliphatic heterocycles. The number of nitrogens with zero attached hydrogens (tertiary/aromatic N) is 1. The molecule has 2 heterocycles. The normalized spacial score (nSPS) is 12.8. The Balaban J connectivity index is 0.000000138. The molecule has 0 fully saturated rings. The highest BCUT2D eigenvalue weighted by Crippen LogP contribution is 2.07. The lowest BCUT2D eigenvalue weighted by molar-refractivity contribution is 0.286. The van der Waals surface area contributed by atoms with Crippen LogP contribution in [0.15, 0.2) is 67.1 Å². The van der Waals surface area contributed by atoms with Gasteiger partial charge >= 0.3 is 0 Å². The molecule has 1 aromatic heterocycles. The molecule has 0 amide bonds. The van der Waals surface area contributed by atoms with E-state index in [1.165, 1.54) is 5.39 Å². The maximum atomic E-state index is 4.80. The molecule has 2 nitrogen and oxygen atoms in total. The molecule has 2 heteroatoms. The van der Waals surface area contributed by atoms with Crippen LogP contribution in [-0.4, -0.2) is 11.6 Å². The molecule has 80 valence electrons. The molecule has 0 radical (unpaired) electrons. The molecule has 0 unspecified atom stereocenters. The van der Waals surface area contributed by atoms with Crippen LogP contribution in [0.1, 0.15) is 0 Å². The van der Waals surface area contributed by atoms with E-state index >= 15 is 0 Å². The summed E-state index contributed by atoms with van der Waals surface area (Å²) in [5, 5.41) is 1.20. The lowest BCUT2D eigenvalue weighted by Gasteiger charge is -1.94. The molecule has 0 saturated carbocycles. The molecule has 0 atom stereocenters. The van der Waals surface area contributed by atoms with Crippen LogP contribution in [0.25, 0.3) is 10.9 Å². The van der Waals surface area contributed by atoms with Crippen molar-refractivity contribution in [2.45, 2.75) is 0 Å². The Morgan fingerprint density at radius 2 is 1.88 bits per heavy atom. The van der Waals surface area contributed by atoms with Crippen molar-refractivity contribution < 1.29 is 4.74 Å². The first kappa shape index (κ1) is 10.4. The van der Waals surface area contributed by atoms with E-state index in [9.17, 15) is 0 Å². The second-order valence-corrected chi connectivity index (χ2v) is 3.29. The lowest BCUT2D eigenvalue weighted by atomic mass is 10.2. The van der Waals surface area contributed by atoms with E-state index in [-0.39, 0.29) is 0 Å². The van der Waals surface area contributed by atoms with E-state index in [0.717, 1.165) is 12.1 Å². The second-order valence-electron chi connectivity index (χ2n) is 3.29. The van der Waals surface area contributed by atoms with Crippen LogP contribution in [-0.2, 0) is 4.74 Å². The van der Waals surface area contributed by atoms with E-state index in [0.29, 0.717) is 0 Å².